The molecule has 0 aromatic heterocycles. The molecule has 0 saturated carbocycles. The highest BCUT2D eigenvalue weighted by molar-refractivity contribution is 5.75. The summed E-state index contributed by atoms with van der Waals surface area (Å²) in [6.45, 7) is 0.00519. The summed E-state index contributed by atoms with van der Waals surface area (Å²) in [6.07, 6.45) is -0.190. The summed E-state index contributed by atoms with van der Waals surface area (Å²) < 4.78 is 20.0. The number of hydrogen-bond donors (Lipinski definition) is 2. The zero-order chi connectivity index (χ0) is 20.5. The van der Waals surface area contributed by atoms with Gasteiger partial charge in [0.25, 0.3) is 0 Å². The molecule has 2 rings (SSSR count). The zero-order valence-electron chi connectivity index (χ0n) is 15.3. The summed E-state index contributed by atoms with van der Waals surface area (Å²) >= 11 is 0. The van der Waals surface area contributed by atoms with Gasteiger partial charge in [-0.1, -0.05) is 0 Å². The van der Waals surface area contributed by atoms with Crippen molar-refractivity contribution in [3.05, 3.63) is 0 Å². The summed E-state index contributed by atoms with van der Waals surface area (Å²) in [5.74, 6) is -3.50. The maximum Gasteiger partial charge on any atom is 0.320 e. The Morgan fingerprint density at radius 3 is 1.43 bits per heavy atom. The van der Waals surface area contributed by atoms with Crippen LogP contribution < -0.4 is 0 Å². The second-order valence-corrected chi connectivity index (χ2v) is 6.49. The van der Waals surface area contributed by atoms with Crippen molar-refractivity contribution >= 4 is 23.9 Å². The van der Waals surface area contributed by atoms with E-state index in [4.69, 9.17) is 29.2 Å². The van der Waals surface area contributed by atoms with Crippen molar-refractivity contribution in [1.82, 2.24) is 9.80 Å². The number of carbonyl (C=O) groups excluding carboxylic acids is 2. The van der Waals surface area contributed by atoms with Crippen LogP contribution in [-0.2, 0) is 38.1 Å². The van der Waals surface area contributed by atoms with E-state index in [0.717, 1.165) is 0 Å². The van der Waals surface area contributed by atoms with Crippen LogP contribution in [0.1, 0.15) is 0 Å². The SMILES string of the molecule is O=C(O)CN(CCN(CC(=O)OCC1CO1)CC(=O)OCC1CO1)CC(=O)O. The second-order valence-electron chi connectivity index (χ2n) is 6.49. The number of nitrogens with zero attached hydrogens (tertiary/aromatic N) is 2. The monoisotopic (exact) mass is 404 g/mol. The zero-order valence-corrected chi connectivity index (χ0v) is 15.3. The van der Waals surface area contributed by atoms with E-state index in [9.17, 15) is 19.2 Å². The van der Waals surface area contributed by atoms with Gasteiger partial charge in [-0.15, -0.1) is 0 Å². The first-order chi connectivity index (χ1) is 13.3. The van der Waals surface area contributed by atoms with Gasteiger partial charge in [-0.2, -0.15) is 0 Å². The van der Waals surface area contributed by atoms with Crippen molar-refractivity contribution in [2.24, 2.45) is 0 Å². The van der Waals surface area contributed by atoms with Gasteiger partial charge in [-0.3, -0.25) is 29.0 Å². The molecule has 2 heterocycles. The Hall–Kier alpha value is -2.28. The lowest BCUT2D eigenvalue weighted by atomic mass is 10.3. The smallest absolute Gasteiger partial charge is 0.320 e. The van der Waals surface area contributed by atoms with Gasteiger partial charge in [0.05, 0.1) is 39.4 Å². The van der Waals surface area contributed by atoms with Crippen LogP contribution in [0.15, 0.2) is 0 Å². The Morgan fingerprint density at radius 1 is 0.750 bits per heavy atom. The van der Waals surface area contributed by atoms with Gasteiger partial charge < -0.3 is 29.2 Å². The van der Waals surface area contributed by atoms with Crippen LogP contribution >= 0.6 is 0 Å². The van der Waals surface area contributed by atoms with Crippen LogP contribution in [0.2, 0.25) is 0 Å². The van der Waals surface area contributed by atoms with Crippen LogP contribution in [-0.4, -0.2) is 122 Å². The number of aliphatic carboxylic acids is 2. The van der Waals surface area contributed by atoms with Crippen molar-refractivity contribution in [1.29, 1.82) is 0 Å². The predicted molar refractivity (Wildman–Crippen MR) is 89.5 cm³/mol. The number of epoxide rings is 2. The van der Waals surface area contributed by atoms with E-state index < -0.39 is 37.0 Å². The molecule has 2 aliphatic rings. The normalized spacial score (nSPS) is 20.1. The van der Waals surface area contributed by atoms with Crippen molar-refractivity contribution in [2.75, 3.05) is 65.7 Å². The molecule has 0 aliphatic carbocycles. The first-order valence-electron chi connectivity index (χ1n) is 8.74. The standard InChI is InChI=1S/C16H24N2O10/c19-13(20)3-17(4-14(21)22)1-2-18(5-15(23)27-9-11-7-25-11)6-16(24)28-10-12-8-26-12/h11-12H,1-10H2,(H,19,20)(H,21,22). The molecule has 2 N–H and O–H groups in total. The number of carbonyl (C=O) groups is 4. The Balaban J connectivity index is 1.83. The molecule has 158 valence electrons. The minimum atomic E-state index is -1.18. The maximum absolute atomic E-state index is 12.0. The van der Waals surface area contributed by atoms with E-state index >= 15 is 0 Å². The molecule has 2 unspecified atom stereocenters. The Morgan fingerprint density at radius 2 is 1.11 bits per heavy atom. The third-order valence-corrected chi connectivity index (χ3v) is 3.82. The first kappa shape index (κ1) is 22.0. The molecular weight excluding hydrogens is 380 g/mol. The van der Waals surface area contributed by atoms with Gasteiger partial charge in [-0.05, 0) is 0 Å². The average Bonchev–Trinajstić information content (AvgIpc) is 3.49. The highest BCUT2D eigenvalue weighted by Crippen LogP contribution is 2.10. The number of carboxylic acids is 2. The molecule has 28 heavy (non-hydrogen) atoms. The van der Waals surface area contributed by atoms with Crippen LogP contribution in [0, 0.1) is 0 Å². The summed E-state index contributed by atoms with van der Waals surface area (Å²) in [5.41, 5.74) is 0. The van der Waals surface area contributed by atoms with E-state index in [1.54, 1.807) is 0 Å². The summed E-state index contributed by atoms with van der Waals surface area (Å²) in [4.78, 5) is 48.3. The Kier molecular flexibility index (Phi) is 8.57. The first-order valence-corrected chi connectivity index (χ1v) is 8.74. The molecule has 0 spiro atoms. The minimum absolute atomic E-state index is 0.0244. The quantitative estimate of drug-likeness (QED) is 0.221. The van der Waals surface area contributed by atoms with Crippen LogP contribution in [0.25, 0.3) is 0 Å². The minimum Gasteiger partial charge on any atom is -0.480 e. The fourth-order valence-electron chi connectivity index (χ4n) is 2.25. The molecule has 2 fully saturated rings. The highest BCUT2D eigenvalue weighted by Gasteiger charge is 2.27. The van der Waals surface area contributed by atoms with Crippen molar-refractivity contribution < 1.29 is 48.3 Å². The van der Waals surface area contributed by atoms with Gasteiger partial charge in [-0.25, -0.2) is 0 Å². The van der Waals surface area contributed by atoms with Gasteiger partial charge in [0.2, 0.25) is 0 Å². The van der Waals surface area contributed by atoms with Crippen molar-refractivity contribution in [3.8, 4) is 0 Å². The molecule has 12 nitrogen and oxygen atoms in total. The second kappa shape index (κ2) is 10.9. The van der Waals surface area contributed by atoms with E-state index in [2.05, 4.69) is 0 Å². The summed E-state index contributed by atoms with van der Waals surface area (Å²) in [6, 6.07) is 0. The molecule has 0 amide bonds. The Bertz CT molecular complexity index is 530. The number of esters is 2. The molecule has 0 aromatic carbocycles. The third kappa shape index (κ3) is 10.2. The lowest BCUT2D eigenvalue weighted by Crippen LogP contribution is -2.44. The van der Waals surface area contributed by atoms with Gasteiger partial charge in [0, 0.05) is 13.1 Å². The molecule has 2 saturated heterocycles. The molecule has 0 aromatic rings. The molecule has 0 bridgehead atoms. The summed E-state index contributed by atoms with van der Waals surface area (Å²) in [5, 5.41) is 17.8. The van der Waals surface area contributed by atoms with E-state index in [1.165, 1.54) is 9.80 Å². The number of hydrogen-bond acceptors (Lipinski definition) is 10. The van der Waals surface area contributed by atoms with E-state index in [-0.39, 0.29) is 51.6 Å². The lowest BCUT2D eigenvalue weighted by Gasteiger charge is -2.24. The van der Waals surface area contributed by atoms with Crippen molar-refractivity contribution in [2.45, 2.75) is 12.2 Å². The number of ether oxygens (including phenoxy) is 4. The molecular formula is C16H24N2O10. The van der Waals surface area contributed by atoms with Gasteiger partial charge in [0.15, 0.2) is 0 Å². The lowest BCUT2D eigenvalue weighted by molar-refractivity contribution is -0.150. The summed E-state index contributed by atoms with van der Waals surface area (Å²) in [7, 11) is 0. The van der Waals surface area contributed by atoms with Crippen LogP contribution in [0.5, 0.6) is 0 Å². The van der Waals surface area contributed by atoms with E-state index in [0.29, 0.717) is 13.2 Å². The van der Waals surface area contributed by atoms with Gasteiger partial charge in [0.1, 0.15) is 25.4 Å². The number of carboxylic acid groups (broad SMARTS) is 2. The van der Waals surface area contributed by atoms with E-state index in [1.807, 2.05) is 0 Å². The third-order valence-electron chi connectivity index (χ3n) is 3.82. The van der Waals surface area contributed by atoms with Crippen LogP contribution in [0.4, 0.5) is 0 Å². The highest BCUT2D eigenvalue weighted by atomic mass is 16.6. The molecule has 2 atom stereocenters. The van der Waals surface area contributed by atoms with Crippen LogP contribution in [0.3, 0.4) is 0 Å². The van der Waals surface area contributed by atoms with Crippen molar-refractivity contribution in [3.63, 3.8) is 0 Å². The predicted octanol–water partition coefficient (Wildman–Crippen LogP) is -2.36. The fraction of sp³-hybridized carbons (Fsp3) is 0.750. The fourth-order valence-corrected chi connectivity index (χ4v) is 2.25. The molecule has 12 heteroatoms. The largest absolute Gasteiger partial charge is 0.480 e. The average molecular weight is 404 g/mol. The topological polar surface area (TPSA) is 159 Å². The number of rotatable bonds is 15. The van der Waals surface area contributed by atoms with Gasteiger partial charge >= 0.3 is 23.9 Å². The maximum atomic E-state index is 12.0. The molecule has 0 radical (unpaired) electrons. The molecule has 2 aliphatic heterocycles. The Labute approximate surface area is 160 Å².